The lowest BCUT2D eigenvalue weighted by molar-refractivity contribution is -0.893. The summed E-state index contributed by atoms with van der Waals surface area (Å²) in [6, 6.07) is 0. The van der Waals surface area contributed by atoms with E-state index in [1.54, 1.807) is 6.66 Å². The van der Waals surface area contributed by atoms with Crippen molar-refractivity contribution in [3.8, 4) is 0 Å². The number of halogens is 1. The first-order valence-corrected chi connectivity index (χ1v) is 13.6. The minimum atomic E-state index is -2.87. The van der Waals surface area contributed by atoms with Crippen LogP contribution in [-0.2, 0) is 13.6 Å². The zero-order valence-corrected chi connectivity index (χ0v) is 21.6. The molecule has 0 bridgehead atoms. The SMILES string of the molecule is CCCCCCCCCCCCCCC[C@@H]1C[N+](C)(C)CCO[P@](C)(=O)O1.[Br-]. The van der Waals surface area contributed by atoms with Gasteiger partial charge >= 0.3 is 7.60 Å². The van der Waals surface area contributed by atoms with Crippen LogP contribution in [0.3, 0.4) is 0 Å². The summed E-state index contributed by atoms with van der Waals surface area (Å²) in [5.74, 6) is 0. The molecule has 0 spiro atoms. The lowest BCUT2D eigenvalue weighted by Gasteiger charge is -2.36. The molecule has 0 aliphatic carbocycles. The maximum Gasteiger partial charge on any atom is 0.328 e. The molecule has 170 valence electrons. The first-order valence-electron chi connectivity index (χ1n) is 11.6. The van der Waals surface area contributed by atoms with Gasteiger partial charge in [-0.25, -0.2) is 0 Å². The Labute approximate surface area is 186 Å². The fourth-order valence-corrected chi connectivity index (χ4v) is 5.15. The summed E-state index contributed by atoms with van der Waals surface area (Å²) in [4.78, 5) is 0. The third-order valence-corrected chi connectivity index (χ3v) is 7.02. The molecular formula is C22H47BrNO3P. The van der Waals surface area contributed by atoms with Gasteiger partial charge in [-0.3, -0.25) is 9.09 Å². The predicted molar refractivity (Wildman–Crippen MR) is 117 cm³/mol. The van der Waals surface area contributed by atoms with Crippen LogP contribution in [0.15, 0.2) is 0 Å². The molecule has 1 heterocycles. The van der Waals surface area contributed by atoms with Crippen molar-refractivity contribution >= 4 is 7.60 Å². The fraction of sp³-hybridized carbons (Fsp3) is 1.00. The summed E-state index contributed by atoms with van der Waals surface area (Å²) < 4.78 is 24.5. The van der Waals surface area contributed by atoms with Gasteiger partial charge in [0.25, 0.3) is 0 Å². The van der Waals surface area contributed by atoms with Crippen LogP contribution in [0.2, 0.25) is 0 Å². The molecule has 4 nitrogen and oxygen atoms in total. The van der Waals surface area contributed by atoms with E-state index < -0.39 is 7.60 Å². The van der Waals surface area contributed by atoms with E-state index in [0.29, 0.717) is 6.61 Å². The fourth-order valence-electron chi connectivity index (χ4n) is 3.96. The Kier molecular flexibility index (Phi) is 16.6. The first kappa shape index (κ1) is 28.6. The third-order valence-electron chi connectivity index (χ3n) is 5.69. The van der Waals surface area contributed by atoms with Crippen LogP contribution in [0, 0.1) is 0 Å². The smallest absolute Gasteiger partial charge is 0.328 e. The highest BCUT2D eigenvalue weighted by Gasteiger charge is 2.32. The molecule has 1 saturated heterocycles. The average molecular weight is 485 g/mol. The van der Waals surface area contributed by atoms with Crippen LogP contribution in [-0.4, -0.2) is 51.0 Å². The predicted octanol–water partition coefficient (Wildman–Crippen LogP) is 3.79. The molecule has 0 amide bonds. The van der Waals surface area contributed by atoms with Crippen LogP contribution in [0.5, 0.6) is 0 Å². The molecule has 1 aliphatic rings. The topological polar surface area (TPSA) is 35.5 Å². The summed E-state index contributed by atoms with van der Waals surface area (Å²) >= 11 is 0. The van der Waals surface area contributed by atoms with Crippen molar-refractivity contribution in [2.45, 2.75) is 103 Å². The van der Waals surface area contributed by atoms with Crippen molar-refractivity contribution in [3.63, 3.8) is 0 Å². The van der Waals surface area contributed by atoms with E-state index in [9.17, 15) is 4.57 Å². The van der Waals surface area contributed by atoms with E-state index in [1.807, 2.05) is 0 Å². The largest absolute Gasteiger partial charge is 1.00 e. The molecule has 0 radical (unpaired) electrons. The Morgan fingerprint density at radius 3 is 1.82 bits per heavy atom. The first-order chi connectivity index (χ1) is 12.8. The Hall–Kier alpha value is 0.590. The number of unbranched alkanes of at least 4 members (excludes halogenated alkanes) is 12. The summed E-state index contributed by atoms with van der Waals surface area (Å²) in [7, 11) is 1.54. The lowest BCUT2D eigenvalue weighted by atomic mass is 10.0. The maximum absolute atomic E-state index is 12.3. The van der Waals surface area contributed by atoms with Gasteiger partial charge in [0.05, 0.1) is 14.1 Å². The van der Waals surface area contributed by atoms with Crippen LogP contribution >= 0.6 is 7.60 Å². The summed E-state index contributed by atoms with van der Waals surface area (Å²) in [5.41, 5.74) is 0. The van der Waals surface area contributed by atoms with Crippen LogP contribution in [0.1, 0.15) is 96.8 Å². The molecule has 0 aromatic carbocycles. The van der Waals surface area contributed by atoms with Crippen LogP contribution < -0.4 is 17.0 Å². The van der Waals surface area contributed by atoms with Gasteiger partial charge in [0.15, 0.2) is 0 Å². The van der Waals surface area contributed by atoms with Crippen molar-refractivity contribution in [1.29, 1.82) is 0 Å². The second-order valence-electron chi connectivity index (χ2n) is 9.21. The van der Waals surface area contributed by atoms with Crippen molar-refractivity contribution in [3.05, 3.63) is 0 Å². The molecule has 1 rings (SSSR count). The highest BCUT2D eigenvalue weighted by atomic mass is 79.9. The molecule has 0 saturated carbocycles. The number of rotatable bonds is 14. The molecule has 0 aromatic rings. The van der Waals surface area contributed by atoms with E-state index in [1.165, 1.54) is 83.5 Å². The second-order valence-corrected chi connectivity index (χ2v) is 11.2. The number of nitrogens with zero attached hydrogens (tertiary/aromatic N) is 1. The maximum atomic E-state index is 12.3. The minimum absolute atomic E-state index is 0. The Morgan fingerprint density at radius 2 is 1.32 bits per heavy atom. The van der Waals surface area contributed by atoms with Gasteiger partial charge in [-0.2, -0.15) is 0 Å². The van der Waals surface area contributed by atoms with E-state index in [-0.39, 0.29) is 23.1 Å². The van der Waals surface area contributed by atoms with Gasteiger partial charge < -0.3 is 26.0 Å². The van der Waals surface area contributed by atoms with Crippen LogP contribution in [0.4, 0.5) is 0 Å². The summed E-state index contributed by atoms with van der Waals surface area (Å²) in [6.07, 6.45) is 18.8. The monoisotopic (exact) mass is 483 g/mol. The number of likely N-dealkylation sites (N-methyl/N-ethyl adjacent to an activating group) is 1. The van der Waals surface area contributed by atoms with Crippen molar-refractivity contribution in [1.82, 2.24) is 0 Å². The molecule has 0 unspecified atom stereocenters. The Balaban J connectivity index is 0.00000729. The Morgan fingerprint density at radius 1 is 0.857 bits per heavy atom. The molecule has 28 heavy (non-hydrogen) atoms. The normalized spacial score (nSPS) is 24.9. The van der Waals surface area contributed by atoms with Gasteiger partial charge in [-0.15, -0.1) is 0 Å². The molecular weight excluding hydrogens is 437 g/mol. The second kappa shape index (κ2) is 16.3. The standard InChI is InChI=1S/C22H47NO3P.BrH/c1-5-6-7-8-9-10-11-12-13-14-15-16-17-18-22-21-23(2,3)19-20-25-27(4,24)26-22;/h22H,5-21H2,1-4H3;1H/q+1;/p-1/t22-,27+;/m1./s1. The molecule has 0 N–H and O–H groups in total. The van der Waals surface area contributed by atoms with E-state index in [4.69, 9.17) is 9.05 Å². The summed E-state index contributed by atoms with van der Waals surface area (Å²) in [5, 5.41) is 0. The van der Waals surface area contributed by atoms with Crippen LogP contribution in [0.25, 0.3) is 0 Å². The Bertz CT molecular complexity index is 421. The zero-order valence-electron chi connectivity index (χ0n) is 19.1. The van der Waals surface area contributed by atoms with Gasteiger partial charge in [0, 0.05) is 6.66 Å². The third kappa shape index (κ3) is 15.4. The van der Waals surface area contributed by atoms with Gasteiger partial charge in [0.2, 0.25) is 0 Å². The molecule has 0 aromatic heterocycles. The molecule has 2 atom stereocenters. The van der Waals surface area contributed by atoms with Gasteiger partial charge in [0.1, 0.15) is 25.8 Å². The summed E-state index contributed by atoms with van der Waals surface area (Å²) in [6.45, 7) is 6.25. The molecule has 1 fully saturated rings. The van der Waals surface area contributed by atoms with E-state index >= 15 is 0 Å². The average Bonchev–Trinajstić information content (AvgIpc) is 2.56. The van der Waals surface area contributed by atoms with E-state index in [2.05, 4.69) is 21.0 Å². The quantitative estimate of drug-likeness (QED) is 0.214. The molecule has 1 aliphatic heterocycles. The number of hydrogen-bond acceptors (Lipinski definition) is 3. The van der Waals surface area contributed by atoms with Gasteiger partial charge in [-0.1, -0.05) is 90.4 Å². The number of hydrogen-bond donors (Lipinski definition) is 0. The zero-order chi connectivity index (χ0) is 20.0. The lowest BCUT2D eigenvalue weighted by Crippen LogP contribution is -3.00. The van der Waals surface area contributed by atoms with Crippen molar-refractivity contribution in [2.75, 3.05) is 40.5 Å². The number of quaternary nitrogens is 1. The van der Waals surface area contributed by atoms with E-state index in [0.717, 1.165) is 24.0 Å². The highest BCUT2D eigenvalue weighted by Crippen LogP contribution is 2.46. The van der Waals surface area contributed by atoms with Crippen molar-refractivity contribution in [2.24, 2.45) is 0 Å². The van der Waals surface area contributed by atoms with Crippen molar-refractivity contribution < 1.29 is 35.1 Å². The highest BCUT2D eigenvalue weighted by molar-refractivity contribution is 7.53. The molecule has 6 heteroatoms. The van der Waals surface area contributed by atoms with Gasteiger partial charge in [-0.05, 0) is 6.42 Å². The minimum Gasteiger partial charge on any atom is -1.00 e.